The Labute approximate surface area is 324 Å². The lowest BCUT2D eigenvalue weighted by molar-refractivity contribution is 1.62. The molecule has 0 amide bonds. The van der Waals surface area contributed by atoms with Gasteiger partial charge in [0, 0.05) is 0 Å². The first-order valence-corrected chi connectivity index (χ1v) is 19.5. The van der Waals surface area contributed by atoms with E-state index in [-0.39, 0.29) is 0 Å². The van der Waals surface area contributed by atoms with Crippen molar-refractivity contribution in [1.29, 1.82) is 0 Å². The molecule has 0 saturated carbocycles. The standard InChI is InChI=1S/C56H34/c1-2-12-43-37(11-1)27-30-41-33-52(47-16-6-8-18-49(47)55(41)43)38-25-21-35(22-26-38)39-28-23-36-24-29-40(32-42(36)31-39)53-34-54-46-15-4-3-13-44(46)45-14-5-9-19-50(45)56(54)51-20-10-7-17-48(51)53/h1-34H. The van der Waals surface area contributed by atoms with Crippen molar-refractivity contribution in [2.45, 2.75) is 0 Å². The lowest BCUT2D eigenvalue weighted by Crippen LogP contribution is -1.89. The maximum atomic E-state index is 2.44. The van der Waals surface area contributed by atoms with Gasteiger partial charge in [-0.3, -0.25) is 0 Å². The summed E-state index contributed by atoms with van der Waals surface area (Å²) in [5, 5.41) is 20.6. The lowest BCUT2D eigenvalue weighted by Gasteiger charge is -2.16. The fourth-order valence-corrected chi connectivity index (χ4v) is 9.56. The summed E-state index contributed by atoms with van der Waals surface area (Å²) in [7, 11) is 0. The molecule has 0 atom stereocenters. The van der Waals surface area contributed by atoms with Gasteiger partial charge in [0.2, 0.25) is 0 Å². The second-order valence-electron chi connectivity index (χ2n) is 15.2. The number of benzene rings is 12. The van der Waals surface area contributed by atoms with Crippen molar-refractivity contribution in [3.8, 4) is 33.4 Å². The van der Waals surface area contributed by atoms with Crippen molar-refractivity contribution < 1.29 is 0 Å². The Bertz CT molecular complexity index is 3570. The molecule has 0 saturated heterocycles. The zero-order valence-electron chi connectivity index (χ0n) is 30.6. The van der Waals surface area contributed by atoms with Crippen LogP contribution in [0.15, 0.2) is 206 Å². The SMILES string of the molecule is c1ccc2c(c1)ccc1cc(-c3ccc(-c4ccc5ccc(-c6cc7c8ccccc8c8ccccc8c7c7ccccc67)cc5c4)cc3)c3ccccc3c12. The van der Waals surface area contributed by atoms with E-state index in [0.717, 1.165) is 0 Å². The topological polar surface area (TPSA) is 0 Å². The summed E-state index contributed by atoms with van der Waals surface area (Å²) in [5.74, 6) is 0. The molecule has 0 heteroatoms. The highest BCUT2D eigenvalue weighted by atomic mass is 14.2. The zero-order valence-corrected chi connectivity index (χ0v) is 30.6. The lowest BCUT2D eigenvalue weighted by atomic mass is 9.87. The molecule has 12 aromatic carbocycles. The molecule has 56 heavy (non-hydrogen) atoms. The Kier molecular flexibility index (Phi) is 6.73. The Hall–Kier alpha value is -7.28. The molecule has 0 radical (unpaired) electrons. The van der Waals surface area contributed by atoms with Gasteiger partial charge in [-0.05, 0) is 144 Å². The minimum atomic E-state index is 1.21. The van der Waals surface area contributed by atoms with Gasteiger partial charge in [-0.1, -0.05) is 182 Å². The van der Waals surface area contributed by atoms with Crippen molar-refractivity contribution in [2.24, 2.45) is 0 Å². The molecule has 0 bridgehead atoms. The second-order valence-corrected chi connectivity index (χ2v) is 15.2. The normalized spacial score (nSPS) is 11.9. The molecule has 258 valence electrons. The van der Waals surface area contributed by atoms with Crippen molar-refractivity contribution in [1.82, 2.24) is 0 Å². The van der Waals surface area contributed by atoms with Gasteiger partial charge >= 0.3 is 0 Å². The van der Waals surface area contributed by atoms with Crippen LogP contribution in [0, 0.1) is 0 Å². The van der Waals surface area contributed by atoms with Crippen LogP contribution >= 0.6 is 0 Å². The molecule has 0 aromatic heterocycles. The smallest absolute Gasteiger partial charge is 0.00199 e. The molecule has 0 heterocycles. The number of rotatable bonds is 3. The van der Waals surface area contributed by atoms with Crippen LogP contribution in [0.1, 0.15) is 0 Å². The summed E-state index contributed by atoms with van der Waals surface area (Å²) < 4.78 is 0. The van der Waals surface area contributed by atoms with Crippen LogP contribution in [0.5, 0.6) is 0 Å². The van der Waals surface area contributed by atoms with Crippen molar-refractivity contribution in [3.63, 3.8) is 0 Å². The Balaban J connectivity index is 0.981. The molecule has 0 aliphatic carbocycles. The van der Waals surface area contributed by atoms with Crippen molar-refractivity contribution in [2.75, 3.05) is 0 Å². The van der Waals surface area contributed by atoms with Crippen molar-refractivity contribution >= 4 is 86.2 Å². The highest BCUT2D eigenvalue weighted by Crippen LogP contribution is 2.44. The zero-order chi connectivity index (χ0) is 36.7. The molecule has 0 aliphatic rings. The minimum absolute atomic E-state index is 1.21. The van der Waals surface area contributed by atoms with Gasteiger partial charge < -0.3 is 0 Å². The quantitative estimate of drug-likeness (QED) is 0.160. The molecular formula is C56H34. The van der Waals surface area contributed by atoms with Gasteiger partial charge in [-0.25, -0.2) is 0 Å². The molecule has 0 nitrogen and oxygen atoms in total. The van der Waals surface area contributed by atoms with Crippen LogP contribution in [0.25, 0.3) is 120 Å². The second kappa shape index (κ2) is 12.1. The predicted molar refractivity (Wildman–Crippen MR) is 243 cm³/mol. The highest BCUT2D eigenvalue weighted by molar-refractivity contribution is 6.33. The fraction of sp³-hybridized carbons (Fsp3) is 0. The molecule has 0 fully saturated rings. The monoisotopic (exact) mass is 706 g/mol. The van der Waals surface area contributed by atoms with Crippen LogP contribution in [0.2, 0.25) is 0 Å². The summed E-state index contributed by atoms with van der Waals surface area (Å²) in [6, 6.07) is 76.6. The average Bonchev–Trinajstić information content (AvgIpc) is 3.28. The van der Waals surface area contributed by atoms with Crippen LogP contribution < -0.4 is 0 Å². The van der Waals surface area contributed by atoms with Gasteiger partial charge in [-0.2, -0.15) is 0 Å². The number of fused-ring (bicyclic) bond motifs is 14. The first kappa shape index (κ1) is 31.1. The third kappa shape index (κ3) is 4.66. The largest absolute Gasteiger partial charge is 0.0616 e. The summed E-state index contributed by atoms with van der Waals surface area (Å²) in [6.45, 7) is 0. The number of hydrogen-bond acceptors (Lipinski definition) is 0. The van der Waals surface area contributed by atoms with Crippen LogP contribution in [0.3, 0.4) is 0 Å². The van der Waals surface area contributed by atoms with Gasteiger partial charge in [0.25, 0.3) is 0 Å². The van der Waals surface area contributed by atoms with Crippen LogP contribution in [-0.4, -0.2) is 0 Å². The molecule has 0 spiro atoms. The molecule has 12 aromatic rings. The van der Waals surface area contributed by atoms with Gasteiger partial charge in [-0.15, -0.1) is 0 Å². The van der Waals surface area contributed by atoms with E-state index in [1.54, 1.807) is 0 Å². The Morgan fingerprint density at radius 2 is 0.607 bits per heavy atom. The third-order valence-electron chi connectivity index (χ3n) is 12.2. The number of hydrogen-bond donors (Lipinski definition) is 0. The van der Waals surface area contributed by atoms with Gasteiger partial charge in [0.15, 0.2) is 0 Å². The summed E-state index contributed by atoms with van der Waals surface area (Å²) in [5.41, 5.74) is 7.42. The van der Waals surface area contributed by atoms with E-state index in [0.29, 0.717) is 0 Å². The van der Waals surface area contributed by atoms with E-state index in [2.05, 4.69) is 206 Å². The molecule has 0 aliphatic heterocycles. The predicted octanol–water partition coefficient (Wildman–Crippen LogP) is 15.9. The highest BCUT2D eigenvalue weighted by Gasteiger charge is 2.16. The van der Waals surface area contributed by atoms with Crippen molar-refractivity contribution in [3.05, 3.63) is 206 Å². The Morgan fingerprint density at radius 3 is 1.30 bits per heavy atom. The first-order valence-electron chi connectivity index (χ1n) is 19.5. The first-order chi connectivity index (χ1) is 27.8. The van der Waals surface area contributed by atoms with Crippen LogP contribution in [-0.2, 0) is 0 Å². The maximum Gasteiger partial charge on any atom is -0.00199 e. The van der Waals surface area contributed by atoms with Crippen LogP contribution in [0.4, 0.5) is 0 Å². The Morgan fingerprint density at radius 1 is 0.179 bits per heavy atom. The molecule has 0 unspecified atom stereocenters. The van der Waals surface area contributed by atoms with E-state index in [9.17, 15) is 0 Å². The summed E-state index contributed by atoms with van der Waals surface area (Å²) in [4.78, 5) is 0. The summed E-state index contributed by atoms with van der Waals surface area (Å²) >= 11 is 0. The molecule has 12 rings (SSSR count). The van der Waals surface area contributed by atoms with E-state index >= 15 is 0 Å². The maximum absolute atomic E-state index is 2.44. The van der Waals surface area contributed by atoms with E-state index in [1.807, 2.05) is 0 Å². The van der Waals surface area contributed by atoms with Gasteiger partial charge in [0.1, 0.15) is 0 Å². The fourth-order valence-electron chi connectivity index (χ4n) is 9.56. The average molecular weight is 707 g/mol. The van der Waals surface area contributed by atoms with E-state index in [4.69, 9.17) is 0 Å². The molecule has 0 N–H and O–H groups in total. The third-order valence-corrected chi connectivity index (χ3v) is 12.2. The van der Waals surface area contributed by atoms with E-state index in [1.165, 1.54) is 120 Å². The summed E-state index contributed by atoms with van der Waals surface area (Å²) in [6.07, 6.45) is 0. The molecular weight excluding hydrogens is 673 g/mol. The van der Waals surface area contributed by atoms with Gasteiger partial charge in [0.05, 0.1) is 0 Å². The minimum Gasteiger partial charge on any atom is -0.0616 e. The van der Waals surface area contributed by atoms with E-state index < -0.39 is 0 Å².